The highest BCUT2D eigenvalue weighted by Gasteiger charge is 2.25. The molecule has 1 aliphatic rings. The van der Waals surface area contributed by atoms with E-state index in [0.29, 0.717) is 17.2 Å². The SMILES string of the molecule is Cc1c(NC(=O)C(C)N2CCCC(CCO)CC2)cccc1[N+](=O)[O-]. The van der Waals surface area contributed by atoms with Gasteiger partial charge in [0.05, 0.1) is 22.2 Å². The fourth-order valence-electron chi connectivity index (χ4n) is 3.41. The first-order valence-corrected chi connectivity index (χ1v) is 8.83. The second kappa shape index (κ2) is 8.92. The summed E-state index contributed by atoms with van der Waals surface area (Å²) in [6, 6.07) is 4.40. The number of carbonyl (C=O) groups excluding carboxylic acids is 1. The Balaban J connectivity index is 2.01. The summed E-state index contributed by atoms with van der Waals surface area (Å²) in [5.74, 6) is 0.369. The molecule has 25 heavy (non-hydrogen) atoms. The van der Waals surface area contributed by atoms with Gasteiger partial charge in [0, 0.05) is 12.7 Å². The van der Waals surface area contributed by atoms with Crippen LogP contribution < -0.4 is 5.32 Å². The van der Waals surface area contributed by atoms with Gasteiger partial charge in [-0.15, -0.1) is 0 Å². The first kappa shape index (κ1) is 19.3. The van der Waals surface area contributed by atoms with Gasteiger partial charge in [0.15, 0.2) is 0 Å². The fourth-order valence-corrected chi connectivity index (χ4v) is 3.41. The Bertz CT molecular complexity index is 620. The van der Waals surface area contributed by atoms with Gasteiger partial charge >= 0.3 is 0 Å². The summed E-state index contributed by atoms with van der Waals surface area (Å²) in [6.45, 7) is 5.41. The van der Waals surface area contributed by atoms with Crippen LogP contribution in [-0.2, 0) is 4.79 Å². The summed E-state index contributed by atoms with van der Waals surface area (Å²) in [5.41, 5.74) is 0.957. The molecule has 2 atom stereocenters. The number of hydrogen-bond donors (Lipinski definition) is 2. The highest BCUT2D eigenvalue weighted by Crippen LogP contribution is 2.26. The standard InChI is InChI=1S/C18H27N3O4/c1-13-16(6-3-7-17(13)21(24)25)19-18(23)14(2)20-10-4-5-15(8-11-20)9-12-22/h3,6-7,14-15,22H,4-5,8-12H2,1-2H3,(H,19,23). The molecule has 2 rings (SSSR count). The third-order valence-electron chi connectivity index (χ3n) is 5.11. The maximum Gasteiger partial charge on any atom is 0.274 e. The first-order chi connectivity index (χ1) is 11.9. The molecule has 0 aromatic heterocycles. The topological polar surface area (TPSA) is 95.7 Å². The lowest BCUT2D eigenvalue weighted by atomic mass is 9.98. The zero-order chi connectivity index (χ0) is 18.4. The highest BCUT2D eigenvalue weighted by atomic mass is 16.6. The van der Waals surface area contributed by atoms with E-state index in [2.05, 4.69) is 10.2 Å². The molecule has 2 unspecified atom stereocenters. The molecule has 0 spiro atoms. The average Bonchev–Trinajstić information content (AvgIpc) is 2.81. The van der Waals surface area contributed by atoms with E-state index in [4.69, 9.17) is 5.11 Å². The number of nitrogens with one attached hydrogen (secondary N) is 1. The average molecular weight is 349 g/mol. The predicted molar refractivity (Wildman–Crippen MR) is 96.5 cm³/mol. The number of carbonyl (C=O) groups is 1. The number of nitro benzene ring substituents is 1. The molecule has 1 saturated heterocycles. The summed E-state index contributed by atoms with van der Waals surface area (Å²) in [4.78, 5) is 25.3. The number of aliphatic hydroxyl groups excluding tert-OH is 1. The number of likely N-dealkylation sites (tertiary alicyclic amines) is 1. The Hall–Kier alpha value is -1.99. The van der Waals surface area contributed by atoms with Crippen molar-refractivity contribution in [3.63, 3.8) is 0 Å². The number of aliphatic hydroxyl groups is 1. The number of nitro groups is 1. The molecule has 0 aliphatic carbocycles. The summed E-state index contributed by atoms with van der Waals surface area (Å²) in [7, 11) is 0. The van der Waals surface area contributed by atoms with E-state index in [9.17, 15) is 14.9 Å². The van der Waals surface area contributed by atoms with Crippen LogP contribution in [0.25, 0.3) is 0 Å². The third-order valence-corrected chi connectivity index (χ3v) is 5.11. The molecule has 7 heteroatoms. The highest BCUT2D eigenvalue weighted by molar-refractivity contribution is 5.95. The van der Waals surface area contributed by atoms with Gasteiger partial charge in [0.2, 0.25) is 5.91 Å². The normalized spacial score (nSPS) is 19.9. The molecule has 1 aromatic rings. The molecule has 0 saturated carbocycles. The zero-order valence-electron chi connectivity index (χ0n) is 14.9. The van der Waals surface area contributed by atoms with Crippen LogP contribution in [-0.4, -0.2) is 46.6 Å². The van der Waals surface area contributed by atoms with Crippen molar-refractivity contribution in [2.24, 2.45) is 5.92 Å². The van der Waals surface area contributed by atoms with Crippen molar-refractivity contribution in [2.75, 3.05) is 25.0 Å². The monoisotopic (exact) mass is 349 g/mol. The Labute approximate surface area is 148 Å². The van der Waals surface area contributed by atoms with Gasteiger partial charge < -0.3 is 10.4 Å². The van der Waals surface area contributed by atoms with Gasteiger partial charge in [-0.05, 0) is 64.6 Å². The number of rotatable bonds is 6. The van der Waals surface area contributed by atoms with Crippen LogP contribution in [0.15, 0.2) is 18.2 Å². The summed E-state index contributed by atoms with van der Waals surface area (Å²) in [6.07, 6.45) is 3.89. The molecule has 138 valence electrons. The molecular formula is C18H27N3O4. The molecule has 0 bridgehead atoms. The summed E-state index contributed by atoms with van der Waals surface area (Å²) in [5, 5.41) is 23.0. The van der Waals surface area contributed by atoms with E-state index in [-0.39, 0.29) is 24.2 Å². The van der Waals surface area contributed by atoms with E-state index >= 15 is 0 Å². The molecule has 1 heterocycles. The predicted octanol–water partition coefficient (Wildman–Crippen LogP) is 2.71. The second-order valence-electron chi connectivity index (χ2n) is 6.72. The lowest BCUT2D eigenvalue weighted by Crippen LogP contribution is -2.42. The minimum atomic E-state index is -0.440. The first-order valence-electron chi connectivity index (χ1n) is 8.83. The van der Waals surface area contributed by atoms with Crippen LogP contribution in [0.4, 0.5) is 11.4 Å². The number of benzene rings is 1. The van der Waals surface area contributed by atoms with E-state index in [1.54, 1.807) is 19.1 Å². The third kappa shape index (κ3) is 4.99. The minimum Gasteiger partial charge on any atom is -0.396 e. The Kier molecular flexibility index (Phi) is 6.90. The molecule has 0 radical (unpaired) electrons. The van der Waals surface area contributed by atoms with Crippen molar-refractivity contribution in [2.45, 2.75) is 45.6 Å². The molecule has 1 amide bonds. The minimum absolute atomic E-state index is 0.00655. The lowest BCUT2D eigenvalue weighted by Gasteiger charge is -2.27. The van der Waals surface area contributed by atoms with E-state index in [1.807, 2.05) is 6.92 Å². The lowest BCUT2D eigenvalue weighted by molar-refractivity contribution is -0.385. The van der Waals surface area contributed by atoms with Crippen LogP contribution in [0.2, 0.25) is 0 Å². The number of nitrogens with zero attached hydrogens (tertiary/aromatic N) is 2. The molecule has 1 aromatic carbocycles. The quantitative estimate of drug-likeness (QED) is 0.608. The summed E-state index contributed by atoms with van der Waals surface area (Å²) < 4.78 is 0. The molecular weight excluding hydrogens is 322 g/mol. The number of anilines is 1. The number of amides is 1. The van der Waals surface area contributed by atoms with Crippen LogP contribution in [0.5, 0.6) is 0 Å². The Morgan fingerprint density at radius 3 is 2.88 bits per heavy atom. The second-order valence-corrected chi connectivity index (χ2v) is 6.72. The van der Waals surface area contributed by atoms with E-state index in [0.717, 1.165) is 38.8 Å². The molecule has 1 fully saturated rings. The molecule has 1 aliphatic heterocycles. The largest absolute Gasteiger partial charge is 0.396 e. The van der Waals surface area contributed by atoms with Crippen molar-refractivity contribution in [3.8, 4) is 0 Å². The van der Waals surface area contributed by atoms with Gasteiger partial charge in [-0.3, -0.25) is 19.8 Å². The van der Waals surface area contributed by atoms with Crippen LogP contribution in [0, 0.1) is 23.0 Å². The van der Waals surface area contributed by atoms with Gasteiger partial charge in [-0.25, -0.2) is 0 Å². The maximum atomic E-state index is 12.6. The van der Waals surface area contributed by atoms with Gasteiger partial charge in [0.25, 0.3) is 5.69 Å². The van der Waals surface area contributed by atoms with Crippen molar-refractivity contribution in [1.29, 1.82) is 0 Å². The van der Waals surface area contributed by atoms with Crippen molar-refractivity contribution in [3.05, 3.63) is 33.9 Å². The zero-order valence-corrected chi connectivity index (χ0v) is 14.9. The van der Waals surface area contributed by atoms with Crippen molar-refractivity contribution in [1.82, 2.24) is 4.90 Å². The molecule has 2 N–H and O–H groups in total. The van der Waals surface area contributed by atoms with Gasteiger partial charge in [-0.1, -0.05) is 6.07 Å². The summed E-state index contributed by atoms with van der Waals surface area (Å²) >= 11 is 0. The van der Waals surface area contributed by atoms with Crippen LogP contribution in [0.1, 0.15) is 38.2 Å². The fraction of sp³-hybridized carbons (Fsp3) is 0.611. The van der Waals surface area contributed by atoms with E-state index < -0.39 is 4.92 Å². The smallest absolute Gasteiger partial charge is 0.274 e. The van der Waals surface area contributed by atoms with Gasteiger partial charge in [-0.2, -0.15) is 0 Å². The Morgan fingerprint density at radius 1 is 1.44 bits per heavy atom. The van der Waals surface area contributed by atoms with Crippen LogP contribution in [0.3, 0.4) is 0 Å². The van der Waals surface area contributed by atoms with Crippen molar-refractivity contribution >= 4 is 17.3 Å². The number of hydrogen-bond acceptors (Lipinski definition) is 5. The van der Waals surface area contributed by atoms with E-state index in [1.165, 1.54) is 6.07 Å². The van der Waals surface area contributed by atoms with Crippen LogP contribution >= 0.6 is 0 Å². The van der Waals surface area contributed by atoms with Gasteiger partial charge in [0.1, 0.15) is 0 Å². The maximum absolute atomic E-state index is 12.6. The van der Waals surface area contributed by atoms with Crippen molar-refractivity contribution < 1.29 is 14.8 Å². The molecule has 7 nitrogen and oxygen atoms in total. The Morgan fingerprint density at radius 2 is 2.20 bits per heavy atom.